The van der Waals surface area contributed by atoms with E-state index in [1.165, 1.54) is 24.4 Å². The Morgan fingerprint density at radius 1 is 1.60 bits per heavy atom. The van der Waals surface area contributed by atoms with Crippen molar-refractivity contribution in [2.45, 2.75) is 38.7 Å². The highest BCUT2D eigenvalue weighted by atomic mass is 32.1. The molecule has 15 heavy (non-hydrogen) atoms. The minimum Gasteiger partial charge on any atom is -0.378 e. The predicted molar refractivity (Wildman–Crippen MR) is 61.4 cm³/mol. The van der Waals surface area contributed by atoms with Crippen LogP contribution in [-0.4, -0.2) is 28.6 Å². The lowest BCUT2D eigenvalue weighted by Gasteiger charge is -2.08. The number of aryl methyl sites for hydroxylation is 1. The molecule has 0 spiro atoms. The fourth-order valence-corrected chi connectivity index (χ4v) is 2.36. The maximum Gasteiger partial charge on any atom is 0.202 e. The molecule has 2 heterocycles. The van der Waals surface area contributed by atoms with Crippen molar-refractivity contribution in [3.63, 3.8) is 0 Å². The van der Waals surface area contributed by atoms with Gasteiger partial charge in [-0.3, -0.25) is 0 Å². The second-order valence-corrected chi connectivity index (χ2v) is 4.47. The van der Waals surface area contributed by atoms with Crippen molar-refractivity contribution in [2.75, 3.05) is 18.5 Å². The van der Waals surface area contributed by atoms with E-state index in [4.69, 9.17) is 4.74 Å². The molecule has 1 unspecified atom stereocenters. The fraction of sp³-hybridized carbons (Fsp3) is 0.800. The van der Waals surface area contributed by atoms with Crippen molar-refractivity contribution in [1.29, 1.82) is 0 Å². The molecular formula is C10H17N3OS. The third-order valence-electron chi connectivity index (χ3n) is 2.55. The first kappa shape index (κ1) is 10.8. The average Bonchev–Trinajstić information content (AvgIpc) is 2.88. The van der Waals surface area contributed by atoms with Gasteiger partial charge in [0.15, 0.2) is 0 Å². The van der Waals surface area contributed by atoms with Gasteiger partial charge in [0.25, 0.3) is 0 Å². The molecule has 0 saturated carbocycles. The van der Waals surface area contributed by atoms with Gasteiger partial charge >= 0.3 is 0 Å². The van der Waals surface area contributed by atoms with E-state index in [1.54, 1.807) is 0 Å². The smallest absolute Gasteiger partial charge is 0.202 e. The third kappa shape index (κ3) is 3.14. The Hall–Kier alpha value is -0.680. The van der Waals surface area contributed by atoms with Gasteiger partial charge < -0.3 is 10.1 Å². The van der Waals surface area contributed by atoms with Crippen molar-refractivity contribution >= 4 is 16.7 Å². The minimum atomic E-state index is 0.455. The summed E-state index contributed by atoms with van der Waals surface area (Å²) < 4.78 is 9.77. The van der Waals surface area contributed by atoms with Crippen LogP contribution in [-0.2, 0) is 11.2 Å². The van der Waals surface area contributed by atoms with Crippen LogP contribution in [0.5, 0.6) is 0 Å². The summed E-state index contributed by atoms with van der Waals surface area (Å²) in [6.45, 7) is 3.94. The summed E-state index contributed by atoms with van der Waals surface area (Å²) in [5.74, 6) is 0.930. The Kier molecular flexibility index (Phi) is 3.91. The van der Waals surface area contributed by atoms with Crippen molar-refractivity contribution in [3.05, 3.63) is 5.82 Å². The van der Waals surface area contributed by atoms with E-state index >= 15 is 0 Å². The van der Waals surface area contributed by atoms with Crippen LogP contribution >= 0.6 is 11.5 Å². The number of ether oxygens (including phenoxy) is 1. The number of hydrogen-bond acceptors (Lipinski definition) is 5. The monoisotopic (exact) mass is 227 g/mol. The molecular weight excluding hydrogens is 210 g/mol. The van der Waals surface area contributed by atoms with Gasteiger partial charge in [0.1, 0.15) is 5.82 Å². The Bertz CT molecular complexity index is 297. The highest BCUT2D eigenvalue weighted by Crippen LogP contribution is 2.16. The first-order valence-corrected chi connectivity index (χ1v) is 6.34. The molecule has 0 aromatic carbocycles. The van der Waals surface area contributed by atoms with Crippen LogP contribution < -0.4 is 5.32 Å². The molecule has 5 heteroatoms. The molecule has 4 nitrogen and oxygen atoms in total. The molecule has 0 aliphatic carbocycles. The highest BCUT2D eigenvalue weighted by Gasteiger charge is 2.14. The van der Waals surface area contributed by atoms with Crippen molar-refractivity contribution in [2.24, 2.45) is 0 Å². The van der Waals surface area contributed by atoms with E-state index in [9.17, 15) is 0 Å². The lowest BCUT2D eigenvalue weighted by molar-refractivity contribution is 0.107. The third-order valence-corrected chi connectivity index (χ3v) is 3.26. The second kappa shape index (κ2) is 5.42. The predicted octanol–water partition coefficient (Wildman–Crippen LogP) is 2.08. The zero-order valence-corrected chi connectivity index (χ0v) is 9.85. The number of nitrogens with zero attached hydrogens (tertiary/aromatic N) is 2. The number of hydrogen-bond donors (Lipinski definition) is 1. The van der Waals surface area contributed by atoms with E-state index in [0.717, 1.165) is 36.9 Å². The molecule has 1 N–H and O–H groups in total. The van der Waals surface area contributed by atoms with Crippen LogP contribution in [0.4, 0.5) is 5.13 Å². The molecule has 0 bridgehead atoms. The molecule has 0 radical (unpaired) electrons. The Morgan fingerprint density at radius 3 is 3.20 bits per heavy atom. The SMILES string of the molecule is CCc1nsc(NCCC2CCCO2)n1. The quantitative estimate of drug-likeness (QED) is 0.836. The van der Waals surface area contributed by atoms with Gasteiger partial charge in [0, 0.05) is 31.1 Å². The van der Waals surface area contributed by atoms with E-state index in [2.05, 4.69) is 21.6 Å². The van der Waals surface area contributed by atoms with E-state index in [-0.39, 0.29) is 0 Å². The van der Waals surface area contributed by atoms with Gasteiger partial charge in [-0.2, -0.15) is 4.37 Å². The normalized spacial score (nSPS) is 20.7. The van der Waals surface area contributed by atoms with Crippen LogP contribution in [0, 0.1) is 0 Å². The summed E-state index contributed by atoms with van der Waals surface area (Å²) in [4.78, 5) is 4.35. The maximum absolute atomic E-state index is 5.54. The zero-order valence-electron chi connectivity index (χ0n) is 9.03. The second-order valence-electron chi connectivity index (χ2n) is 3.72. The van der Waals surface area contributed by atoms with Crippen LogP contribution in [0.25, 0.3) is 0 Å². The molecule has 1 atom stereocenters. The topological polar surface area (TPSA) is 47.0 Å². The largest absolute Gasteiger partial charge is 0.378 e. The van der Waals surface area contributed by atoms with Crippen molar-refractivity contribution in [3.8, 4) is 0 Å². The molecule has 1 aliphatic heterocycles. The Labute approximate surface area is 94.2 Å². The summed E-state index contributed by atoms with van der Waals surface area (Å²) in [5.41, 5.74) is 0. The highest BCUT2D eigenvalue weighted by molar-refractivity contribution is 7.09. The van der Waals surface area contributed by atoms with Crippen LogP contribution in [0.2, 0.25) is 0 Å². The van der Waals surface area contributed by atoms with Crippen LogP contribution in [0.3, 0.4) is 0 Å². The number of anilines is 1. The molecule has 0 amide bonds. The lowest BCUT2D eigenvalue weighted by atomic mass is 10.2. The summed E-state index contributed by atoms with van der Waals surface area (Å²) in [6.07, 6.45) is 4.85. The minimum absolute atomic E-state index is 0.455. The summed E-state index contributed by atoms with van der Waals surface area (Å²) in [6, 6.07) is 0. The van der Waals surface area contributed by atoms with Gasteiger partial charge in [0.05, 0.1) is 6.10 Å². The molecule has 84 valence electrons. The molecule has 1 aromatic heterocycles. The van der Waals surface area contributed by atoms with Gasteiger partial charge in [-0.15, -0.1) is 0 Å². The Morgan fingerprint density at radius 2 is 2.53 bits per heavy atom. The summed E-state index contributed by atoms with van der Waals surface area (Å²) in [5, 5.41) is 4.23. The van der Waals surface area contributed by atoms with Gasteiger partial charge in [-0.25, -0.2) is 4.98 Å². The zero-order chi connectivity index (χ0) is 10.5. The summed E-state index contributed by atoms with van der Waals surface area (Å²) >= 11 is 1.44. The fourth-order valence-electron chi connectivity index (χ4n) is 1.68. The molecule has 1 fully saturated rings. The first-order chi connectivity index (χ1) is 7.38. The van der Waals surface area contributed by atoms with Crippen LogP contribution in [0.15, 0.2) is 0 Å². The standard InChI is InChI=1S/C10H17N3OS/c1-2-9-12-10(15-13-9)11-6-5-8-4-3-7-14-8/h8H,2-7H2,1H3,(H,11,12,13). The van der Waals surface area contributed by atoms with Crippen molar-refractivity contribution in [1.82, 2.24) is 9.36 Å². The number of nitrogens with one attached hydrogen (secondary N) is 1. The number of aromatic nitrogens is 2. The van der Waals surface area contributed by atoms with Gasteiger partial charge in [-0.1, -0.05) is 6.92 Å². The van der Waals surface area contributed by atoms with Crippen LogP contribution in [0.1, 0.15) is 32.0 Å². The van der Waals surface area contributed by atoms with E-state index < -0.39 is 0 Å². The number of rotatable bonds is 5. The molecule has 1 aliphatic rings. The molecule has 1 saturated heterocycles. The Balaban J connectivity index is 1.68. The average molecular weight is 227 g/mol. The van der Waals surface area contributed by atoms with Gasteiger partial charge in [-0.05, 0) is 19.3 Å². The van der Waals surface area contributed by atoms with Crippen molar-refractivity contribution < 1.29 is 4.74 Å². The van der Waals surface area contributed by atoms with E-state index in [1.807, 2.05) is 0 Å². The summed E-state index contributed by atoms with van der Waals surface area (Å²) in [7, 11) is 0. The first-order valence-electron chi connectivity index (χ1n) is 5.56. The molecule has 1 aromatic rings. The van der Waals surface area contributed by atoms with Gasteiger partial charge in [0.2, 0.25) is 5.13 Å². The molecule has 2 rings (SSSR count). The lowest BCUT2D eigenvalue weighted by Crippen LogP contribution is -2.12. The maximum atomic E-state index is 5.54. The van der Waals surface area contributed by atoms with E-state index in [0.29, 0.717) is 6.10 Å².